The number of esters is 1. The molecule has 0 radical (unpaired) electrons. The molecular formula is C25H40O5. The van der Waals surface area contributed by atoms with Crippen molar-refractivity contribution in [3.63, 3.8) is 0 Å². The van der Waals surface area contributed by atoms with Gasteiger partial charge in [0.1, 0.15) is 5.78 Å². The maximum Gasteiger partial charge on any atom is 0.305 e. The molecule has 0 amide bonds. The molecule has 4 rings (SSSR count). The second-order valence-corrected chi connectivity index (χ2v) is 11.4. The molecule has 5 nitrogen and oxygen atoms in total. The highest BCUT2D eigenvalue weighted by atomic mass is 16.5. The standard InChI is InChI=1S/C25H40O5/c1-14(5-8-22(29)30-4)17-6-7-18-23-19(13-21(28)25(17,18)3)24(2)10-9-16(26)11-15(24)12-20(23)27/h14-15,17-21,23,27-28H,5-13H2,1-4H3/t14?,15-,17?,18?,19?,20+,21-,23?,24-,25+/m0/s1. The Bertz CT molecular complexity index is 691. The monoisotopic (exact) mass is 420 g/mol. The van der Waals surface area contributed by atoms with Crippen molar-refractivity contribution < 1.29 is 24.5 Å². The predicted molar refractivity (Wildman–Crippen MR) is 113 cm³/mol. The Kier molecular flexibility index (Phi) is 5.85. The molecule has 4 fully saturated rings. The summed E-state index contributed by atoms with van der Waals surface area (Å²) >= 11 is 0. The molecule has 10 atom stereocenters. The van der Waals surface area contributed by atoms with Crippen LogP contribution in [0.5, 0.6) is 0 Å². The molecule has 0 aliphatic heterocycles. The SMILES string of the molecule is COC(=O)CCC(C)C1CCC2C3C(C[C@H](O)[C@]12C)[C@@]1(C)CCC(=O)C[C@H]1C[C@H]3O. The van der Waals surface area contributed by atoms with Gasteiger partial charge in [0.05, 0.1) is 19.3 Å². The number of rotatable bonds is 4. The van der Waals surface area contributed by atoms with E-state index in [-0.39, 0.29) is 40.7 Å². The summed E-state index contributed by atoms with van der Waals surface area (Å²) in [5, 5.41) is 22.8. The average Bonchev–Trinajstić information content (AvgIpc) is 3.06. The molecule has 0 heterocycles. The summed E-state index contributed by atoms with van der Waals surface area (Å²) in [5.41, 5.74) is -0.167. The molecule has 5 unspecified atom stereocenters. The van der Waals surface area contributed by atoms with Crippen LogP contribution in [0.1, 0.15) is 78.6 Å². The van der Waals surface area contributed by atoms with Crippen LogP contribution in [0.25, 0.3) is 0 Å². The molecule has 4 aliphatic carbocycles. The Hall–Kier alpha value is -0.940. The van der Waals surface area contributed by atoms with Gasteiger partial charge in [-0.1, -0.05) is 20.8 Å². The van der Waals surface area contributed by atoms with Gasteiger partial charge in [-0.25, -0.2) is 0 Å². The number of aliphatic hydroxyl groups excluding tert-OH is 2. The summed E-state index contributed by atoms with van der Waals surface area (Å²) in [6.45, 7) is 6.78. The first kappa shape index (κ1) is 22.3. The number of ketones is 1. The van der Waals surface area contributed by atoms with Gasteiger partial charge in [-0.05, 0) is 84.9 Å². The van der Waals surface area contributed by atoms with E-state index >= 15 is 0 Å². The van der Waals surface area contributed by atoms with Gasteiger partial charge in [-0.3, -0.25) is 9.59 Å². The molecule has 4 aliphatic rings. The normalized spacial score (nSPS) is 49.0. The quantitative estimate of drug-likeness (QED) is 0.677. The third-order valence-corrected chi connectivity index (χ3v) is 10.4. The summed E-state index contributed by atoms with van der Waals surface area (Å²) in [5.74, 6) is 1.92. The molecule has 5 heteroatoms. The number of ether oxygens (including phenoxy) is 1. The van der Waals surface area contributed by atoms with E-state index in [9.17, 15) is 19.8 Å². The van der Waals surface area contributed by atoms with E-state index in [0.717, 1.165) is 38.5 Å². The molecule has 0 saturated heterocycles. The van der Waals surface area contributed by atoms with Crippen LogP contribution in [0, 0.1) is 46.3 Å². The number of methoxy groups -OCH3 is 1. The van der Waals surface area contributed by atoms with E-state index in [1.807, 2.05) is 0 Å². The van der Waals surface area contributed by atoms with E-state index in [0.29, 0.717) is 42.8 Å². The predicted octanol–water partition coefficient (Wildman–Crippen LogP) is 3.75. The van der Waals surface area contributed by atoms with E-state index in [1.165, 1.54) is 7.11 Å². The third-order valence-electron chi connectivity index (χ3n) is 10.4. The molecule has 0 aromatic carbocycles. The van der Waals surface area contributed by atoms with E-state index in [2.05, 4.69) is 20.8 Å². The van der Waals surface area contributed by atoms with Gasteiger partial charge >= 0.3 is 5.97 Å². The summed E-state index contributed by atoms with van der Waals surface area (Å²) < 4.78 is 4.82. The summed E-state index contributed by atoms with van der Waals surface area (Å²) in [6.07, 6.45) is 6.15. The fourth-order valence-electron chi connectivity index (χ4n) is 8.59. The molecule has 2 N–H and O–H groups in total. The number of carbonyl (C=O) groups excluding carboxylic acids is 2. The van der Waals surface area contributed by atoms with Crippen LogP contribution in [0.2, 0.25) is 0 Å². The van der Waals surface area contributed by atoms with Crippen LogP contribution in [-0.2, 0) is 14.3 Å². The Morgan fingerprint density at radius 2 is 1.93 bits per heavy atom. The van der Waals surface area contributed by atoms with Crippen LogP contribution in [0.15, 0.2) is 0 Å². The van der Waals surface area contributed by atoms with Crippen LogP contribution in [-0.4, -0.2) is 41.3 Å². The lowest BCUT2D eigenvalue weighted by atomic mass is 9.43. The van der Waals surface area contributed by atoms with Gasteiger partial charge < -0.3 is 14.9 Å². The number of hydrogen-bond donors (Lipinski definition) is 2. The highest BCUT2D eigenvalue weighted by molar-refractivity contribution is 5.79. The molecular weight excluding hydrogens is 380 g/mol. The summed E-state index contributed by atoms with van der Waals surface area (Å²) in [4.78, 5) is 23.8. The van der Waals surface area contributed by atoms with Crippen molar-refractivity contribution >= 4 is 11.8 Å². The first-order valence-electron chi connectivity index (χ1n) is 12.1. The van der Waals surface area contributed by atoms with Crippen molar-refractivity contribution in [1.82, 2.24) is 0 Å². The van der Waals surface area contributed by atoms with E-state index in [1.54, 1.807) is 0 Å². The zero-order valence-corrected chi connectivity index (χ0v) is 19.1. The molecule has 0 bridgehead atoms. The van der Waals surface area contributed by atoms with Crippen molar-refractivity contribution in [2.24, 2.45) is 46.3 Å². The smallest absolute Gasteiger partial charge is 0.305 e. The first-order chi connectivity index (χ1) is 14.1. The maximum absolute atomic E-state index is 12.1. The average molecular weight is 421 g/mol. The Labute approximate surface area is 180 Å². The fourth-order valence-corrected chi connectivity index (χ4v) is 8.59. The molecule has 170 valence electrons. The topological polar surface area (TPSA) is 83.8 Å². The molecule has 30 heavy (non-hydrogen) atoms. The number of fused-ring (bicyclic) bond motifs is 5. The number of aliphatic hydroxyl groups is 2. The largest absolute Gasteiger partial charge is 0.469 e. The van der Waals surface area contributed by atoms with Crippen LogP contribution >= 0.6 is 0 Å². The van der Waals surface area contributed by atoms with Crippen molar-refractivity contribution in [3.05, 3.63) is 0 Å². The van der Waals surface area contributed by atoms with Gasteiger partial charge in [-0.2, -0.15) is 0 Å². The Balaban J connectivity index is 1.58. The van der Waals surface area contributed by atoms with Gasteiger partial charge in [0.15, 0.2) is 0 Å². The van der Waals surface area contributed by atoms with Crippen LogP contribution < -0.4 is 0 Å². The first-order valence-corrected chi connectivity index (χ1v) is 12.1. The second kappa shape index (κ2) is 7.88. The summed E-state index contributed by atoms with van der Waals surface area (Å²) in [7, 11) is 1.43. The third kappa shape index (κ3) is 3.26. The number of carbonyl (C=O) groups is 2. The van der Waals surface area contributed by atoms with Crippen molar-refractivity contribution in [2.75, 3.05) is 7.11 Å². The van der Waals surface area contributed by atoms with Crippen molar-refractivity contribution in [3.8, 4) is 0 Å². The van der Waals surface area contributed by atoms with Crippen molar-refractivity contribution in [1.29, 1.82) is 0 Å². The molecule has 0 aromatic rings. The fraction of sp³-hybridized carbons (Fsp3) is 0.920. The molecule has 0 spiro atoms. The second-order valence-electron chi connectivity index (χ2n) is 11.4. The minimum absolute atomic E-state index is 0.0503. The minimum atomic E-state index is -0.391. The van der Waals surface area contributed by atoms with Gasteiger partial charge in [0.25, 0.3) is 0 Å². The zero-order chi connectivity index (χ0) is 21.8. The Morgan fingerprint density at radius 1 is 1.20 bits per heavy atom. The van der Waals surface area contributed by atoms with E-state index < -0.39 is 6.10 Å². The van der Waals surface area contributed by atoms with Crippen molar-refractivity contribution in [2.45, 2.75) is 90.8 Å². The highest BCUT2D eigenvalue weighted by Gasteiger charge is 2.65. The summed E-state index contributed by atoms with van der Waals surface area (Å²) in [6, 6.07) is 0. The zero-order valence-electron chi connectivity index (χ0n) is 19.1. The van der Waals surface area contributed by atoms with Gasteiger partial charge in [0.2, 0.25) is 0 Å². The lowest BCUT2D eigenvalue weighted by Gasteiger charge is -2.63. The minimum Gasteiger partial charge on any atom is -0.469 e. The van der Waals surface area contributed by atoms with Gasteiger partial charge in [-0.15, -0.1) is 0 Å². The highest BCUT2D eigenvalue weighted by Crippen LogP contribution is 2.68. The number of hydrogen-bond acceptors (Lipinski definition) is 5. The molecule has 0 aromatic heterocycles. The van der Waals surface area contributed by atoms with Gasteiger partial charge in [0, 0.05) is 19.3 Å². The van der Waals surface area contributed by atoms with Crippen LogP contribution in [0.3, 0.4) is 0 Å². The van der Waals surface area contributed by atoms with Crippen LogP contribution in [0.4, 0.5) is 0 Å². The number of Topliss-reactive ketones (excluding diaryl/α,β-unsaturated/α-hetero) is 1. The lowest BCUT2D eigenvalue weighted by molar-refractivity contribution is -0.201. The maximum atomic E-state index is 12.1. The Morgan fingerprint density at radius 3 is 2.63 bits per heavy atom. The van der Waals surface area contributed by atoms with E-state index in [4.69, 9.17) is 4.74 Å². The molecule has 4 saturated carbocycles. The lowest BCUT2D eigenvalue weighted by Crippen LogP contribution is -2.62.